The summed E-state index contributed by atoms with van der Waals surface area (Å²) in [4.78, 5) is 41.4. The van der Waals surface area contributed by atoms with Gasteiger partial charge in [0, 0.05) is 12.8 Å². The number of aromatic nitrogens is 2. The van der Waals surface area contributed by atoms with Crippen LogP contribution in [0.2, 0.25) is 0 Å². The van der Waals surface area contributed by atoms with Crippen molar-refractivity contribution in [2.75, 3.05) is 0 Å². The number of amides is 2. The predicted molar refractivity (Wildman–Crippen MR) is 95.0 cm³/mol. The molecule has 26 heavy (non-hydrogen) atoms. The number of nitrogens with two attached hydrogens (primary N) is 1. The highest BCUT2D eigenvalue weighted by atomic mass is 16.3. The summed E-state index contributed by atoms with van der Waals surface area (Å²) in [5.74, 6) is -0.964. The van der Waals surface area contributed by atoms with Crippen LogP contribution in [0.4, 0.5) is 0 Å². The van der Waals surface area contributed by atoms with Crippen LogP contribution in [0.3, 0.4) is 0 Å². The van der Waals surface area contributed by atoms with Gasteiger partial charge in [0.2, 0.25) is 11.8 Å². The molecule has 1 aromatic heterocycles. The molecule has 0 bridgehead atoms. The van der Waals surface area contributed by atoms with Gasteiger partial charge in [0.05, 0.1) is 10.9 Å². The lowest BCUT2D eigenvalue weighted by Crippen LogP contribution is -2.58. The number of para-hydroxylation sites is 1. The van der Waals surface area contributed by atoms with Crippen LogP contribution in [0, 0.1) is 5.92 Å². The fourth-order valence-electron chi connectivity index (χ4n) is 3.46. The zero-order valence-corrected chi connectivity index (χ0v) is 14.7. The van der Waals surface area contributed by atoms with Crippen molar-refractivity contribution < 1.29 is 14.7 Å². The van der Waals surface area contributed by atoms with Crippen molar-refractivity contribution in [3.63, 3.8) is 0 Å². The zero-order chi connectivity index (χ0) is 19.1. The molecule has 0 unspecified atom stereocenters. The third-order valence-electron chi connectivity index (χ3n) is 4.49. The Labute approximate surface area is 150 Å². The quantitative estimate of drug-likeness (QED) is 0.718. The summed E-state index contributed by atoms with van der Waals surface area (Å²) in [6, 6.07) is 5.81. The first-order valence-corrected chi connectivity index (χ1v) is 8.57. The van der Waals surface area contributed by atoms with Crippen LogP contribution in [-0.4, -0.2) is 26.5 Å². The Morgan fingerprint density at radius 1 is 1.38 bits per heavy atom. The molecule has 8 nitrogen and oxygen atoms in total. The first-order chi connectivity index (χ1) is 12.2. The fraction of sp³-hybridized carbons (Fsp3) is 0.444. The number of aliphatic hydroxyl groups is 1. The number of hydrogen-bond acceptors (Lipinski definition) is 5. The molecule has 0 aliphatic carbocycles. The van der Waals surface area contributed by atoms with E-state index in [2.05, 4.69) is 10.3 Å². The molecule has 2 amide bonds. The van der Waals surface area contributed by atoms with E-state index in [0.717, 1.165) is 0 Å². The second-order valence-electron chi connectivity index (χ2n) is 7.10. The van der Waals surface area contributed by atoms with Crippen molar-refractivity contribution >= 4 is 22.7 Å². The van der Waals surface area contributed by atoms with E-state index in [1.807, 2.05) is 13.8 Å². The van der Waals surface area contributed by atoms with E-state index in [0.29, 0.717) is 10.9 Å². The van der Waals surface area contributed by atoms with E-state index in [4.69, 9.17) is 5.73 Å². The molecular formula is C18H22N4O4. The lowest BCUT2D eigenvalue weighted by atomic mass is 9.94. The average Bonchev–Trinajstić information content (AvgIpc) is 2.54. The van der Waals surface area contributed by atoms with E-state index in [1.54, 1.807) is 24.3 Å². The van der Waals surface area contributed by atoms with Gasteiger partial charge < -0.3 is 16.2 Å². The summed E-state index contributed by atoms with van der Waals surface area (Å²) in [5.41, 5.74) is 3.47. The molecule has 2 atom stereocenters. The molecule has 2 heterocycles. The second kappa shape index (κ2) is 6.53. The number of carbonyl (C=O) groups excluding carboxylic acids is 2. The first kappa shape index (κ1) is 18.1. The van der Waals surface area contributed by atoms with Crippen LogP contribution < -0.4 is 16.6 Å². The van der Waals surface area contributed by atoms with Gasteiger partial charge in [-0.1, -0.05) is 26.0 Å². The number of benzene rings is 1. The van der Waals surface area contributed by atoms with E-state index >= 15 is 0 Å². The first-order valence-electron chi connectivity index (χ1n) is 8.57. The highest BCUT2D eigenvalue weighted by Gasteiger charge is 2.45. The van der Waals surface area contributed by atoms with E-state index < -0.39 is 29.1 Å². The molecule has 0 radical (unpaired) electrons. The van der Waals surface area contributed by atoms with Gasteiger partial charge in [-0.3, -0.25) is 19.0 Å². The summed E-state index contributed by atoms with van der Waals surface area (Å²) < 4.78 is 1.21. The fourth-order valence-corrected chi connectivity index (χ4v) is 3.46. The van der Waals surface area contributed by atoms with Crippen molar-refractivity contribution in [1.29, 1.82) is 0 Å². The Hall–Kier alpha value is -2.74. The molecule has 1 aliphatic rings. The molecule has 0 spiro atoms. The van der Waals surface area contributed by atoms with Gasteiger partial charge in [-0.2, -0.15) is 0 Å². The number of hydrogen-bond donors (Lipinski definition) is 3. The topological polar surface area (TPSA) is 127 Å². The van der Waals surface area contributed by atoms with Crippen LogP contribution in [-0.2, 0) is 15.3 Å². The van der Waals surface area contributed by atoms with Crippen LogP contribution in [0.5, 0.6) is 0 Å². The smallest absolute Gasteiger partial charge is 0.262 e. The van der Waals surface area contributed by atoms with Crippen molar-refractivity contribution in [1.82, 2.24) is 14.9 Å². The minimum Gasteiger partial charge on any atom is -0.370 e. The Kier molecular flexibility index (Phi) is 4.53. The highest BCUT2D eigenvalue weighted by molar-refractivity contribution is 5.85. The third kappa shape index (κ3) is 3.08. The standard InChI is InChI=1S/C18H22N4O4/c1-10(2)9-18(26)17-20-12-6-4-3-5-11(12)16(25)22(17)13(15(24)21-18)7-8-14(19)23/h3-6,10,13,26H,7-9H2,1-2H3,(H2,19,23)(H,21,24)/t13-,18-/m1/s1. The number of nitrogens with zero attached hydrogens (tertiary/aromatic N) is 2. The Morgan fingerprint density at radius 2 is 2.08 bits per heavy atom. The van der Waals surface area contributed by atoms with Gasteiger partial charge in [-0.25, -0.2) is 4.98 Å². The minimum atomic E-state index is -1.75. The maximum Gasteiger partial charge on any atom is 0.262 e. The molecule has 0 saturated carbocycles. The normalized spacial score (nSPS) is 22.3. The minimum absolute atomic E-state index is 0.0410. The summed E-state index contributed by atoms with van der Waals surface area (Å²) >= 11 is 0. The van der Waals surface area contributed by atoms with Gasteiger partial charge >= 0.3 is 0 Å². The lowest BCUT2D eigenvalue weighted by Gasteiger charge is -2.39. The lowest BCUT2D eigenvalue weighted by molar-refractivity contribution is -0.140. The van der Waals surface area contributed by atoms with Crippen molar-refractivity contribution in [3.8, 4) is 0 Å². The van der Waals surface area contributed by atoms with E-state index in [9.17, 15) is 19.5 Å². The molecule has 0 saturated heterocycles. The molecule has 3 rings (SSSR count). The molecule has 1 aromatic carbocycles. The Balaban J connectivity index is 2.26. The molecule has 0 fully saturated rings. The molecule has 8 heteroatoms. The number of fused-ring (bicyclic) bond motifs is 2. The monoisotopic (exact) mass is 358 g/mol. The molecule has 4 N–H and O–H groups in total. The maximum absolute atomic E-state index is 13.1. The third-order valence-corrected chi connectivity index (χ3v) is 4.49. The Morgan fingerprint density at radius 3 is 2.73 bits per heavy atom. The van der Waals surface area contributed by atoms with E-state index in [1.165, 1.54) is 4.57 Å². The number of rotatable bonds is 5. The number of primary amides is 1. The SMILES string of the molecule is CC(C)C[C@]1(O)NC(=O)[C@@H](CCC(N)=O)n2c1nc1ccccc1c2=O. The van der Waals surface area contributed by atoms with Crippen molar-refractivity contribution in [2.24, 2.45) is 11.7 Å². The van der Waals surface area contributed by atoms with Crippen LogP contribution in [0.1, 0.15) is 45.0 Å². The van der Waals surface area contributed by atoms with Crippen LogP contribution >= 0.6 is 0 Å². The summed E-state index contributed by atoms with van der Waals surface area (Å²) in [7, 11) is 0. The number of nitrogens with one attached hydrogen (secondary N) is 1. The van der Waals surface area contributed by atoms with Gasteiger partial charge in [-0.15, -0.1) is 0 Å². The summed E-state index contributed by atoms with van der Waals surface area (Å²) in [6.07, 6.45) is 0.206. The van der Waals surface area contributed by atoms with Gasteiger partial charge in [0.1, 0.15) is 6.04 Å². The zero-order valence-electron chi connectivity index (χ0n) is 14.7. The maximum atomic E-state index is 13.1. The van der Waals surface area contributed by atoms with Gasteiger partial charge in [0.25, 0.3) is 5.56 Å². The largest absolute Gasteiger partial charge is 0.370 e. The van der Waals surface area contributed by atoms with Crippen molar-refractivity contribution in [3.05, 3.63) is 40.4 Å². The van der Waals surface area contributed by atoms with Crippen LogP contribution in [0.25, 0.3) is 10.9 Å². The number of carbonyl (C=O) groups is 2. The van der Waals surface area contributed by atoms with Crippen LogP contribution in [0.15, 0.2) is 29.1 Å². The predicted octanol–water partition coefficient (Wildman–Crippen LogP) is 0.524. The van der Waals surface area contributed by atoms with Gasteiger partial charge in [-0.05, 0) is 24.5 Å². The summed E-state index contributed by atoms with van der Waals surface area (Å²) in [6.45, 7) is 3.79. The molecule has 1 aliphatic heterocycles. The Bertz CT molecular complexity index is 936. The molecule has 2 aromatic rings. The molecular weight excluding hydrogens is 336 g/mol. The van der Waals surface area contributed by atoms with Gasteiger partial charge in [0.15, 0.2) is 11.5 Å². The molecule has 138 valence electrons. The average molecular weight is 358 g/mol. The summed E-state index contributed by atoms with van der Waals surface area (Å²) in [5, 5.41) is 14.0. The highest BCUT2D eigenvalue weighted by Crippen LogP contribution is 2.32. The van der Waals surface area contributed by atoms with Crippen molar-refractivity contribution in [2.45, 2.75) is 44.9 Å². The van der Waals surface area contributed by atoms with E-state index in [-0.39, 0.29) is 31.0 Å². The second-order valence-corrected chi connectivity index (χ2v) is 7.10.